The number of carbonyl (C=O) groups is 2. The highest BCUT2D eigenvalue weighted by Gasteiger charge is 2.35. The van der Waals surface area contributed by atoms with Crippen molar-refractivity contribution in [1.29, 1.82) is 0 Å². The zero-order chi connectivity index (χ0) is 24.6. The number of amides is 2. The molecule has 0 aliphatic carbocycles. The maximum atomic E-state index is 13.4. The average Bonchev–Trinajstić information content (AvgIpc) is 3.21. The van der Waals surface area contributed by atoms with Crippen LogP contribution in [0.4, 0.5) is 11.4 Å². The number of hydrogen-bond acceptors (Lipinski definition) is 5. The fraction of sp³-hybridized carbons (Fsp3) is 0.417. The van der Waals surface area contributed by atoms with E-state index in [4.69, 9.17) is 4.74 Å². The lowest BCUT2D eigenvalue weighted by atomic mass is 9.97. The molecule has 4 rings (SSSR count). The number of fused-ring (bicyclic) bond motifs is 1. The highest BCUT2D eigenvalue weighted by Crippen LogP contribution is 2.37. The third-order valence-corrected chi connectivity index (χ3v) is 9.32. The van der Waals surface area contributed by atoms with Gasteiger partial charge in [-0.2, -0.15) is 4.31 Å². The van der Waals surface area contributed by atoms with E-state index in [1.807, 2.05) is 25.1 Å². The van der Waals surface area contributed by atoms with Gasteiger partial charge in [-0.3, -0.25) is 9.59 Å². The van der Waals surface area contributed by atoms with Gasteiger partial charge in [0.15, 0.2) is 0 Å². The molecule has 0 bridgehead atoms. The van der Waals surface area contributed by atoms with Crippen LogP contribution in [0.2, 0.25) is 0 Å². The molecule has 2 aromatic rings. The Kier molecular flexibility index (Phi) is 7.02. The molecule has 2 amide bonds. The van der Waals surface area contributed by atoms with Gasteiger partial charge in [-0.05, 0) is 77.5 Å². The Labute approximate surface area is 208 Å². The van der Waals surface area contributed by atoms with E-state index in [1.54, 1.807) is 24.1 Å². The first-order valence-corrected chi connectivity index (χ1v) is 13.4. The molecule has 34 heavy (non-hydrogen) atoms. The average molecular weight is 550 g/mol. The van der Waals surface area contributed by atoms with E-state index in [2.05, 4.69) is 21.2 Å². The van der Waals surface area contributed by atoms with Gasteiger partial charge in [-0.15, -0.1) is 0 Å². The summed E-state index contributed by atoms with van der Waals surface area (Å²) < 4.78 is 34.1. The van der Waals surface area contributed by atoms with Crippen molar-refractivity contribution in [2.45, 2.75) is 38.0 Å². The second-order valence-electron chi connectivity index (χ2n) is 8.70. The molecule has 8 nitrogen and oxygen atoms in total. The number of carbonyl (C=O) groups excluding carboxylic acids is 2. The molecular formula is C24H28BrN3O5S. The fourth-order valence-electron chi connectivity index (χ4n) is 4.56. The molecule has 0 saturated carbocycles. The first-order chi connectivity index (χ1) is 16.1. The van der Waals surface area contributed by atoms with Crippen LogP contribution in [0, 0.1) is 12.8 Å². The number of benzene rings is 2. The lowest BCUT2D eigenvalue weighted by Gasteiger charge is -2.31. The molecular weight excluding hydrogens is 522 g/mol. The highest BCUT2D eigenvalue weighted by atomic mass is 79.9. The second kappa shape index (κ2) is 9.67. The van der Waals surface area contributed by atoms with Gasteiger partial charge in [0, 0.05) is 42.6 Å². The second-order valence-corrected chi connectivity index (χ2v) is 11.5. The Balaban J connectivity index is 1.47. The van der Waals surface area contributed by atoms with Crippen LogP contribution in [-0.2, 0) is 26.0 Å². The number of nitrogens with one attached hydrogen (secondary N) is 1. The van der Waals surface area contributed by atoms with Crippen molar-refractivity contribution in [1.82, 2.24) is 4.31 Å². The van der Waals surface area contributed by atoms with Crippen molar-refractivity contribution in [2.75, 3.05) is 37.0 Å². The van der Waals surface area contributed by atoms with Gasteiger partial charge in [0.05, 0.1) is 17.7 Å². The van der Waals surface area contributed by atoms with Crippen molar-refractivity contribution in [3.8, 4) is 5.75 Å². The molecule has 1 fully saturated rings. The Morgan fingerprint density at radius 3 is 2.47 bits per heavy atom. The number of halogens is 1. The molecule has 2 aliphatic rings. The SMILES string of the molecule is COc1ccc(C)cc1NC(=O)C1CCN(S(=O)(=O)c2cc3c(cc2Br)CCN3C(C)=O)CC1. The quantitative estimate of drug-likeness (QED) is 0.613. The summed E-state index contributed by atoms with van der Waals surface area (Å²) in [6, 6.07) is 8.95. The van der Waals surface area contributed by atoms with Gasteiger partial charge in [0.2, 0.25) is 21.8 Å². The lowest BCUT2D eigenvalue weighted by molar-refractivity contribution is -0.121. The summed E-state index contributed by atoms with van der Waals surface area (Å²) in [6.45, 7) is 4.45. The Morgan fingerprint density at radius 2 is 1.82 bits per heavy atom. The number of ether oxygens (including phenoxy) is 1. The van der Waals surface area contributed by atoms with Crippen LogP contribution in [0.3, 0.4) is 0 Å². The first kappa shape index (κ1) is 24.7. The number of aryl methyl sites for hydroxylation is 1. The minimum atomic E-state index is -3.79. The minimum absolute atomic E-state index is 0.110. The maximum absolute atomic E-state index is 13.4. The molecule has 2 aromatic carbocycles. The smallest absolute Gasteiger partial charge is 0.244 e. The number of anilines is 2. The highest BCUT2D eigenvalue weighted by molar-refractivity contribution is 9.10. The van der Waals surface area contributed by atoms with Crippen molar-refractivity contribution in [2.24, 2.45) is 5.92 Å². The lowest BCUT2D eigenvalue weighted by Crippen LogP contribution is -2.41. The normalized spacial score (nSPS) is 16.9. The van der Waals surface area contributed by atoms with Gasteiger partial charge < -0.3 is 15.0 Å². The van der Waals surface area contributed by atoms with Crippen molar-refractivity contribution in [3.63, 3.8) is 0 Å². The van der Waals surface area contributed by atoms with E-state index in [1.165, 1.54) is 11.2 Å². The Morgan fingerprint density at radius 1 is 1.12 bits per heavy atom. The standard InChI is InChI=1S/C24H28BrN3O5S/c1-15-4-5-22(33-3)20(12-15)26-24(30)17-6-9-27(10-7-17)34(31,32)23-14-21-18(13-19(23)25)8-11-28(21)16(2)29/h4-5,12-14,17H,6-11H2,1-3H3,(H,26,30). The number of hydrogen-bond donors (Lipinski definition) is 1. The van der Waals surface area contributed by atoms with Crippen molar-refractivity contribution in [3.05, 3.63) is 45.9 Å². The van der Waals surface area contributed by atoms with E-state index in [0.717, 1.165) is 11.1 Å². The van der Waals surface area contributed by atoms with Crippen LogP contribution < -0.4 is 15.0 Å². The van der Waals surface area contributed by atoms with Gasteiger partial charge in [-0.25, -0.2) is 8.42 Å². The molecule has 0 aromatic heterocycles. The topological polar surface area (TPSA) is 96.0 Å². The predicted octanol–water partition coefficient (Wildman–Crippen LogP) is 3.71. The molecule has 2 heterocycles. The first-order valence-electron chi connectivity index (χ1n) is 11.2. The largest absolute Gasteiger partial charge is 0.495 e. The monoisotopic (exact) mass is 549 g/mol. The summed E-state index contributed by atoms with van der Waals surface area (Å²) >= 11 is 3.42. The Hall–Kier alpha value is -2.43. The summed E-state index contributed by atoms with van der Waals surface area (Å²) in [5.74, 6) is 0.0339. The number of rotatable bonds is 5. The summed E-state index contributed by atoms with van der Waals surface area (Å²) in [5, 5.41) is 2.93. The summed E-state index contributed by atoms with van der Waals surface area (Å²) in [6.07, 6.45) is 1.53. The molecule has 0 radical (unpaired) electrons. The van der Waals surface area contributed by atoms with Crippen LogP contribution in [0.5, 0.6) is 5.75 Å². The zero-order valence-corrected chi connectivity index (χ0v) is 21.8. The van der Waals surface area contributed by atoms with E-state index in [-0.39, 0.29) is 35.7 Å². The maximum Gasteiger partial charge on any atom is 0.244 e. The summed E-state index contributed by atoms with van der Waals surface area (Å²) in [5.41, 5.74) is 3.21. The molecule has 0 atom stereocenters. The van der Waals surface area contributed by atoms with Crippen LogP contribution in [0.1, 0.15) is 30.9 Å². The van der Waals surface area contributed by atoms with Crippen molar-refractivity contribution >= 4 is 49.1 Å². The van der Waals surface area contributed by atoms with Gasteiger partial charge in [0.25, 0.3) is 0 Å². The molecule has 0 spiro atoms. The van der Waals surface area contributed by atoms with Crippen LogP contribution in [0.25, 0.3) is 0 Å². The molecule has 1 saturated heterocycles. The van der Waals surface area contributed by atoms with E-state index in [9.17, 15) is 18.0 Å². The number of piperidine rings is 1. The Bertz CT molecular complexity index is 1240. The van der Waals surface area contributed by atoms with Gasteiger partial charge >= 0.3 is 0 Å². The molecule has 2 aliphatic heterocycles. The fourth-order valence-corrected chi connectivity index (χ4v) is 7.10. The molecule has 1 N–H and O–H groups in total. The number of methoxy groups -OCH3 is 1. The van der Waals surface area contributed by atoms with Crippen LogP contribution >= 0.6 is 15.9 Å². The van der Waals surface area contributed by atoms with E-state index >= 15 is 0 Å². The number of nitrogens with zero attached hydrogens (tertiary/aromatic N) is 2. The van der Waals surface area contributed by atoms with Crippen molar-refractivity contribution < 1.29 is 22.7 Å². The van der Waals surface area contributed by atoms with E-state index < -0.39 is 10.0 Å². The predicted molar refractivity (Wildman–Crippen MR) is 134 cm³/mol. The number of sulfonamides is 1. The molecule has 182 valence electrons. The van der Waals surface area contributed by atoms with Crippen LogP contribution in [-0.4, -0.2) is 51.3 Å². The third kappa shape index (κ3) is 4.71. The zero-order valence-electron chi connectivity index (χ0n) is 19.4. The van der Waals surface area contributed by atoms with Gasteiger partial charge in [0.1, 0.15) is 5.75 Å². The third-order valence-electron chi connectivity index (χ3n) is 6.46. The van der Waals surface area contributed by atoms with Gasteiger partial charge in [-0.1, -0.05) is 6.07 Å². The molecule has 0 unspecified atom stereocenters. The summed E-state index contributed by atoms with van der Waals surface area (Å²) in [4.78, 5) is 26.6. The van der Waals surface area contributed by atoms with E-state index in [0.29, 0.717) is 47.4 Å². The summed E-state index contributed by atoms with van der Waals surface area (Å²) in [7, 11) is -2.24. The van der Waals surface area contributed by atoms with Crippen LogP contribution in [0.15, 0.2) is 39.7 Å². The molecule has 10 heteroatoms. The minimum Gasteiger partial charge on any atom is -0.495 e.